The molecule has 110 valence electrons. The van der Waals surface area contributed by atoms with Crippen molar-refractivity contribution in [3.8, 4) is 0 Å². The third-order valence-electron chi connectivity index (χ3n) is 3.13. The summed E-state index contributed by atoms with van der Waals surface area (Å²) in [5.41, 5.74) is -0.517. The normalized spacial score (nSPS) is 19.7. The van der Waals surface area contributed by atoms with E-state index in [1.54, 1.807) is 0 Å². The first-order chi connectivity index (χ1) is 9.50. The molecule has 0 saturated carbocycles. The SMILES string of the molecule is O=[N+]([O-])c1cccnc1S(=O)(=O)NCC1CCCCN1. The van der Waals surface area contributed by atoms with Crippen LogP contribution < -0.4 is 10.0 Å². The third-order valence-corrected chi connectivity index (χ3v) is 4.50. The van der Waals surface area contributed by atoms with E-state index in [2.05, 4.69) is 15.0 Å². The van der Waals surface area contributed by atoms with Gasteiger partial charge in [-0.3, -0.25) is 10.1 Å². The third kappa shape index (κ3) is 3.50. The Balaban J connectivity index is 2.12. The number of rotatable bonds is 5. The van der Waals surface area contributed by atoms with E-state index in [0.717, 1.165) is 31.9 Å². The molecule has 1 aromatic rings. The molecule has 20 heavy (non-hydrogen) atoms. The maximum absolute atomic E-state index is 12.1. The summed E-state index contributed by atoms with van der Waals surface area (Å²) < 4.78 is 26.6. The van der Waals surface area contributed by atoms with E-state index in [0.29, 0.717) is 0 Å². The van der Waals surface area contributed by atoms with Gasteiger partial charge in [-0.15, -0.1) is 0 Å². The highest BCUT2D eigenvalue weighted by molar-refractivity contribution is 7.89. The highest BCUT2D eigenvalue weighted by atomic mass is 32.2. The molecule has 2 rings (SSSR count). The molecule has 0 spiro atoms. The second kappa shape index (κ2) is 6.25. The first kappa shape index (κ1) is 14.8. The van der Waals surface area contributed by atoms with E-state index in [1.807, 2.05) is 0 Å². The minimum atomic E-state index is -3.98. The van der Waals surface area contributed by atoms with Crippen LogP contribution >= 0.6 is 0 Å². The van der Waals surface area contributed by atoms with Crippen molar-refractivity contribution in [1.29, 1.82) is 0 Å². The van der Waals surface area contributed by atoms with Gasteiger partial charge in [0.25, 0.3) is 10.0 Å². The molecule has 9 heteroatoms. The Hall–Kier alpha value is -1.58. The van der Waals surface area contributed by atoms with Crippen LogP contribution in [0.1, 0.15) is 19.3 Å². The molecule has 1 aromatic heterocycles. The largest absolute Gasteiger partial charge is 0.313 e. The van der Waals surface area contributed by atoms with Crippen molar-refractivity contribution in [2.45, 2.75) is 30.3 Å². The van der Waals surface area contributed by atoms with Gasteiger partial charge in [-0.1, -0.05) is 6.42 Å². The maximum Gasteiger partial charge on any atom is 0.308 e. The van der Waals surface area contributed by atoms with Gasteiger partial charge in [-0.05, 0) is 25.5 Å². The minimum Gasteiger partial charge on any atom is -0.313 e. The van der Waals surface area contributed by atoms with Crippen LogP contribution in [0.4, 0.5) is 5.69 Å². The molecular formula is C11H16N4O4S. The number of pyridine rings is 1. The van der Waals surface area contributed by atoms with E-state index in [1.165, 1.54) is 12.3 Å². The second-order valence-corrected chi connectivity index (χ2v) is 6.27. The number of nitrogens with one attached hydrogen (secondary N) is 2. The topological polar surface area (TPSA) is 114 Å². The Labute approximate surface area is 116 Å². The van der Waals surface area contributed by atoms with Gasteiger partial charge in [0.05, 0.1) is 4.92 Å². The van der Waals surface area contributed by atoms with Gasteiger partial charge in [0.1, 0.15) is 0 Å². The molecule has 0 radical (unpaired) electrons. The van der Waals surface area contributed by atoms with Crippen molar-refractivity contribution in [2.24, 2.45) is 0 Å². The molecule has 1 aliphatic heterocycles. The standard InChI is InChI=1S/C11H16N4O4S/c16-15(17)10-5-3-7-13-11(10)20(18,19)14-8-9-4-1-2-6-12-9/h3,5,7,9,12,14H,1-2,4,6,8H2. The van der Waals surface area contributed by atoms with Crippen LogP contribution in [0.15, 0.2) is 23.4 Å². The van der Waals surface area contributed by atoms with Crippen molar-refractivity contribution < 1.29 is 13.3 Å². The maximum atomic E-state index is 12.1. The van der Waals surface area contributed by atoms with Gasteiger partial charge in [-0.2, -0.15) is 0 Å². The zero-order valence-electron chi connectivity index (χ0n) is 10.8. The predicted molar refractivity (Wildman–Crippen MR) is 71.7 cm³/mol. The number of hydrogen-bond donors (Lipinski definition) is 2. The molecule has 1 atom stereocenters. The lowest BCUT2D eigenvalue weighted by Crippen LogP contribution is -2.43. The van der Waals surface area contributed by atoms with Crippen LogP contribution in [0.3, 0.4) is 0 Å². The zero-order valence-corrected chi connectivity index (χ0v) is 11.6. The van der Waals surface area contributed by atoms with Crippen molar-refractivity contribution in [3.05, 3.63) is 28.4 Å². The summed E-state index contributed by atoms with van der Waals surface area (Å²) in [6.45, 7) is 1.06. The molecule has 0 aliphatic carbocycles. The lowest BCUT2D eigenvalue weighted by atomic mass is 10.1. The number of aromatic nitrogens is 1. The molecule has 8 nitrogen and oxygen atoms in total. The van der Waals surface area contributed by atoms with E-state index >= 15 is 0 Å². The average Bonchev–Trinajstić information content (AvgIpc) is 2.46. The summed E-state index contributed by atoms with van der Waals surface area (Å²) in [6.07, 6.45) is 4.23. The summed E-state index contributed by atoms with van der Waals surface area (Å²) in [7, 11) is -3.98. The van der Waals surface area contributed by atoms with Crippen LogP contribution in [0.5, 0.6) is 0 Å². The Bertz CT molecular complexity index is 584. The fourth-order valence-corrected chi connectivity index (χ4v) is 3.28. The van der Waals surface area contributed by atoms with E-state index < -0.39 is 25.7 Å². The van der Waals surface area contributed by atoms with Crippen LogP contribution in [0.2, 0.25) is 0 Å². The van der Waals surface area contributed by atoms with Gasteiger partial charge in [0.2, 0.25) is 5.03 Å². The van der Waals surface area contributed by atoms with Gasteiger partial charge in [-0.25, -0.2) is 18.1 Å². The molecule has 1 aliphatic rings. The number of piperidine rings is 1. The van der Waals surface area contributed by atoms with Crippen molar-refractivity contribution in [3.63, 3.8) is 0 Å². The number of nitro groups is 1. The Kier molecular flexibility index (Phi) is 4.63. The molecule has 1 unspecified atom stereocenters. The second-order valence-electron chi connectivity index (χ2n) is 4.58. The fourth-order valence-electron chi connectivity index (χ4n) is 2.11. The fraction of sp³-hybridized carbons (Fsp3) is 0.545. The smallest absolute Gasteiger partial charge is 0.308 e. The Morgan fingerprint density at radius 3 is 2.95 bits per heavy atom. The van der Waals surface area contributed by atoms with Crippen LogP contribution in [0, 0.1) is 10.1 Å². The Morgan fingerprint density at radius 2 is 2.30 bits per heavy atom. The Morgan fingerprint density at radius 1 is 1.50 bits per heavy atom. The van der Waals surface area contributed by atoms with Crippen LogP contribution in [0.25, 0.3) is 0 Å². The minimum absolute atomic E-state index is 0.0568. The first-order valence-electron chi connectivity index (χ1n) is 6.33. The van der Waals surface area contributed by atoms with Gasteiger partial charge in [0.15, 0.2) is 0 Å². The highest BCUT2D eigenvalue weighted by Crippen LogP contribution is 2.20. The van der Waals surface area contributed by atoms with Crippen molar-refractivity contribution in [2.75, 3.05) is 13.1 Å². The zero-order chi connectivity index (χ0) is 14.6. The summed E-state index contributed by atoms with van der Waals surface area (Å²) in [5.74, 6) is 0. The van der Waals surface area contributed by atoms with Gasteiger partial charge in [0, 0.05) is 24.8 Å². The summed E-state index contributed by atoms with van der Waals surface area (Å²) in [5, 5.41) is 13.5. The predicted octanol–water partition coefficient (Wildman–Crippen LogP) is 0.410. The van der Waals surface area contributed by atoms with E-state index in [-0.39, 0.29) is 12.6 Å². The highest BCUT2D eigenvalue weighted by Gasteiger charge is 2.27. The number of hydrogen-bond acceptors (Lipinski definition) is 6. The van der Waals surface area contributed by atoms with Crippen molar-refractivity contribution in [1.82, 2.24) is 15.0 Å². The van der Waals surface area contributed by atoms with Crippen LogP contribution in [-0.2, 0) is 10.0 Å². The molecule has 1 saturated heterocycles. The average molecular weight is 300 g/mol. The monoisotopic (exact) mass is 300 g/mol. The first-order valence-corrected chi connectivity index (χ1v) is 7.81. The molecule has 2 heterocycles. The quantitative estimate of drug-likeness (QED) is 0.601. The molecule has 0 amide bonds. The lowest BCUT2D eigenvalue weighted by molar-refractivity contribution is -0.388. The molecular weight excluding hydrogens is 284 g/mol. The summed E-state index contributed by atoms with van der Waals surface area (Å²) >= 11 is 0. The van der Waals surface area contributed by atoms with Gasteiger partial charge < -0.3 is 5.32 Å². The van der Waals surface area contributed by atoms with E-state index in [4.69, 9.17) is 0 Å². The van der Waals surface area contributed by atoms with E-state index in [9.17, 15) is 18.5 Å². The molecule has 0 aromatic carbocycles. The van der Waals surface area contributed by atoms with Crippen molar-refractivity contribution >= 4 is 15.7 Å². The number of nitrogens with zero attached hydrogens (tertiary/aromatic N) is 2. The molecule has 2 N–H and O–H groups in total. The lowest BCUT2D eigenvalue weighted by Gasteiger charge is -2.23. The molecule has 0 bridgehead atoms. The number of sulfonamides is 1. The summed E-state index contributed by atoms with van der Waals surface area (Å²) in [6, 6.07) is 2.52. The van der Waals surface area contributed by atoms with Gasteiger partial charge >= 0.3 is 5.69 Å². The molecule has 1 fully saturated rings. The summed E-state index contributed by atoms with van der Waals surface area (Å²) in [4.78, 5) is 13.7. The van der Waals surface area contributed by atoms with Crippen LogP contribution in [-0.4, -0.2) is 37.5 Å².